The lowest BCUT2D eigenvalue weighted by Crippen LogP contribution is -2.24. The second-order valence-corrected chi connectivity index (χ2v) is 5.88. The molecule has 1 amide bonds. The van der Waals surface area contributed by atoms with E-state index in [1.807, 2.05) is 0 Å². The fraction of sp³-hybridized carbons (Fsp3) is 0.667. The first-order valence-corrected chi connectivity index (χ1v) is 6.84. The molecular weight excluding hydrogens is 220 g/mol. The lowest BCUT2D eigenvalue weighted by molar-refractivity contribution is -0.122. The van der Waals surface area contributed by atoms with Gasteiger partial charge < -0.3 is 5.32 Å². The van der Waals surface area contributed by atoms with Crippen LogP contribution >= 0.6 is 11.3 Å². The average molecular weight is 236 g/mol. The third-order valence-electron chi connectivity index (χ3n) is 3.39. The molecule has 0 radical (unpaired) electrons. The van der Waals surface area contributed by atoms with Gasteiger partial charge in [0.2, 0.25) is 5.91 Å². The third kappa shape index (κ3) is 2.12. The maximum atomic E-state index is 11.6. The van der Waals surface area contributed by atoms with Gasteiger partial charge in [0.1, 0.15) is 0 Å². The standard InChI is InChI=1S/C12H16N2OS/c1-7-4-10(7)11(15)13-5-9-6-16-12(14-9)8-2-3-8/h6-8,10H,2-5H2,1H3,(H,13,15). The number of thiazole rings is 1. The fourth-order valence-corrected chi connectivity index (χ4v) is 2.91. The molecular formula is C12H16N2OS. The van der Waals surface area contributed by atoms with E-state index in [1.54, 1.807) is 11.3 Å². The Morgan fingerprint density at radius 3 is 3.00 bits per heavy atom. The summed E-state index contributed by atoms with van der Waals surface area (Å²) in [6.45, 7) is 2.73. The second-order valence-electron chi connectivity index (χ2n) is 4.99. The molecule has 86 valence electrons. The van der Waals surface area contributed by atoms with Crippen LogP contribution in [0, 0.1) is 11.8 Å². The summed E-state index contributed by atoms with van der Waals surface area (Å²) in [7, 11) is 0. The molecule has 0 bridgehead atoms. The zero-order chi connectivity index (χ0) is 11.1. The van der Waals surface area contributed by atoms with E-state index in [0.717, 1.165) is 18.0 Å². The van der Waals surface area contributed by atoms with Gasteiger partial charge in [-0.25, -0.2) is 4.98 Å². The topological polar surface area (TPSA) is 42.0 Å². The van der Waals surface area contributed by atoms with Crippen molar-refractivity contribution in [1.82, 2.24) is 10.3 Å². The van der Waals surface area contributed by atoms with Crippen LogP contribution in [0.15, 0.2) is 5.38 Å². The van der Waals surface area contributed by atoms with Crippen molar-refractivity contribution in [2.24, 2.45) is 11.8 Å². The minimum absolute atomic E-state index is 0.202. The van der Waals surface area contributed by atoms with Gasteiger partial charge in [0.05, 0.1) is 17.2 Å². The molecule has 2 atom stereocenters. The Morgan fingerprint density at radius 2 is 2.38 bits per heavy atom. The lowest BCUT2D eigenvalue weighted by atomic mass is 10.3. The predicted octanol–water partition coefficient (Wildman–Crippen LogP) is 2.29. The van der Waals surface area contributed by atoms with E-state index in [4.69, 9.17) is 0 Å². The summed E-state index contributed by atoms with van der Waals surface area (Å²) in [4.78, 5) is 16.2. The van der Waals surface area contributed by atoms with Crippen molar-refractivity contribution in [3.05, 3.63) is 16.1 Å². The number of amides is 1. The Morgan fingerprint density at radius 1 is 1.62 bits per heavy atom. The highest BCUT2D eigenvalue weighted by Crippen LogP contribution is 2.41. The molecule has 2 unspecified atom stereocenters. The first kappa shape index (κ1) is 10.3. The Bertz CT molecular complexity index is 411. The van der Waals surface area contributed by atoms with E-state index in [9.17, 15) is 4.79 Å². The number of nitrogens with one attached hydrogen (secondary N) is 1. The number of nitrogens with zero attached hydrogens (tertiary/aromatic N) is 1. The smallest absolute Gasteiger partial charge is 0.223 e. The maximum absolute atomic E-state index is 11.6. The minimum atomic E-state index is 0.202. The molecule has 2 fully saturated rings. The van der Waals surface area contributed by atoms with Crippen molar-refractivity contribution < 1.29 is 4.79 Å². The number of hydrogen-bond donors (Lipinski definition) is 1. The summed E-state index contributed by atoms with van der Waals surface area (Å²) in [5, 5.41) is 6.30. The molecule has 0 aromatic carbocycles. The van der Waals surface area contributed by atoms with Gasteiger partial charge in [-0.2, -0.15) is 0 Å². The molecule has 0 saturated heterocycles. The summed E-state index contributed by atoms with van der Waals surface area (Å²) >= 11 is 1.73. The van der Waals surface area contributed by atoms with Gasteiger partial charge in [-0.1, -0.05) is 6.92 Å². The van der Waals surface area contributed by atoms with Crippen molar-refractivity contribution in [3.63, 3.8) is 0 Å². The highest BCUT2D eigenvalue weighted by atomic mass is 32.1. The third-order valence-corrected chi connectivity index (χ3v) is 4.44. The summed E-state index contributed by atoms with van der Waals surface area (Å²) in [6.07, 6.45) is 3.63. The van der Waals surface area contributed by atoms with E-state index >= 15 is 0 Å². The van der Waals surface area contributed by atoms with E-state index in [0.29, 0.717) is 12.5 Å². The number of carbonyl (C=O) groups is 1. The zero-order valence-corrected chi connectivity index (χ0v) is 10.2. The molecule has 16 heavy (non-hydrogen) atoms. The Hall–Kier alpha value is -0.900. The number of hydrogen-bond acceptors (Lipinski definition) is 3. The largest absolute Gasteiger partial charge is 0.350 e. The Kier molecular flexibility index (Phi) is 2.46. The van der Waals surface area contributed by atoms with Gasteiger partial charge in [-0.3, -0.25) is 4.79 Å². The van der Waals surface area contributed by atoms with Crippen LogP contribution in [0.2, 0.25) is 0 Å². The first-order valence-electron chi connectivity index (χ1n) is 5.96. The highest BCUT2D eigenvalue weighted by molar-refractivity contribution is 7.09. The van der Waals surface area contributed by atoms with Crippen molar-refractivity contribution >= 4 is 17.2 Å². The normalized spacial score (nSPS) is 27.8. The van der Waals surface area contributed by atoms with Crippen molar-refractivity contribution in [2.75, 3.05) is 0 Å². The summed E-state index contributed by atoms with van der Waals surface area (Å²) in [6, 6.07) is 0. The van der Waals surface area contributed by atoms with Crippen molar-refractivity contribution in [1.29, 1.82) is 0 Å². The SMILES string of the molecule is CC1CC1C(=O)NCc1csc(C2CC2)n1. The molecule has 2 saturated carbocycles. The predicted molar refractivity (Wildman–Crippen MR) is 63.2 cm³/mol. The van der Waals surface area contributed by atoms with Gasteiger partial charge in [0, 0.05) is 17.2 Å². The molecule has 1 aromatic heterocycles. The molecule has 1 aromatic rings. The molecule has 1 N–H and O–H groups in total. The fourth-order valence-electron chi connectivity index (χ4n) is 1.92. The summed E-state index contributed by atoms with van der Waals surface area (Å²) in [5.41, 5.74) is 1.02. The van der Waals surface area contributed by atoms with Gasteiger partial charge in [0.15, 0.2) is 0 Å². The quantitative estimate of drug-likeness (QED) is 0.871. The van der Waals surface area contributed by atoms with Crippen LogP contribution in [-0.2, 0) is 11.3 Å². The van der Waals surface area contributed by atoms with Gasteiger partial charge in [-0.05, 0) is 25.2 Å². The number of rotatable bonds is 4. The monoisotopic (exact) mass is 236 g/mol. The van der Waals surface area contributed by atoms with Crippen LogP contribution in [0.3, 0.4) is 0 Å². The molecule has 4 heteroatoms. The van der Waals surface area contributed by atoms with E-state index in [-0.39, 0.29) is 11.8 Å². The van der Waals surface area contributed by atoms with Crippen LogP contribution in [-0.4, -0.2) is 10.9 Å². The van der Waals surface area contributed by atoms with Crippen LogP contribution < -0.4 is 5.32 Å². The maximum Gasteiger partial charge on any atom is 0.223 e. The molecule has 3 rings (SSSR count). The Balaban J connectivity index is 1.51. The molecule has 1 heterocycles. The van der Waals surface area contributed by atoms with Gasteiger partial charge in [0.25, 0.3) is 0 Å². The summed E-state index contributed by atoms with van der Waals surface area (Å²) < 4.78 is 0. The van der Waals surface area contributed by atoms with E-state index in [2.05, 4.69) is 22.6 Å². The number of aromatic nitrogens is 1. The van der Waals surface area contributed by atoms with Crippen molar-refractivity contribution in [2.45, 2.75) is 38.6 Å². The van der Waals surface area contributed by atoms with Crippen LogP contribution in [0.1, 0.15) is 42.8 Å². The number of carbonyl (C=O) groups excluding carboxylic acids is 1. The van der Waals surface area contributed by atoms with Crippen molar-refractivity contribution in [3.8, 4) is 0 Å². The van der Waals surface area contributed by atoms with E-state index in [1.165, 1.54) is 17.8 Å². The van der Waals surface area contributed by atoms with Crippen LogP contribution in [0.25, 0.3) is 0 Å². The van der Waals surface area contributed by atoms with Crippen LogP contribution in [0.5, 0.6) is 0 Å². The highest BCUT2D eigenvalue weighted by Gasteiger charge is 2.38. The minimum Gasteiger partial charge on any atom is -0.350 e. The van der Waals surface area contributed by atoms with Gasteiger partial charge in [-0.15, -0.1) is 11.3 Å². The molecule has 0 spiro atoms. The lowest BCUT2D eigenvalue weighted by Gasteiger charge is -2.01. The van der Waals surface area contributed by atoms with E-state index < -0.39 is 0 Å². The second kappa shape index (κ2) is 3.84. The van der Waals surface area contributed by atoms with Crippen LogP contribution in [0.4, 0.5) is 0 Å². The van der Waals surface area contributed by atoms with Gasteiger partial charge >= 0.3 is 0 Å². The Labute approximate surface area is 99.3 Å². The molecule has 2 aliphatic rings. The molecule has 2 aliphatic carbocycles. The molecule has 0 aliphatic heterocycles. The first-order chi connectivity index (χ1) is 7.74. The molecule has 3 nitrogen and oxygen atoms in total. The summed E-state index contributed by atoms with van der Waals surface area (Å²) in [5.74, 6) is 1.77. The average Bonchev–Trinajstić information content (AvgIpc) is 3.18. The zero-order valence-electron chi connectivity index (χ0n) is 9.40.